The van der Waals surface area contributed by atoms with E-state index in [1.807, 2.05) is 18.2 Å². The van der Waals surface area contributed by atoms with Gasteiger partial charge in [0.25, 0.3) is 0 Å². The van der Waals surface area contributed by atoms with Gasteiger partial charge >= 0.3 is 0 Å². The van der Waals surface area contributed by atoms with E-state index < -0.39 is 0 Å². The third-order valence-electron chi connectivity index (χ3n) is 2.79. The molecule has 0 heterocycles. The van der Waals surface area contributed by atoms with E-state index in [4.69, 9.17) is 11.6 Å². The molecule has 0 aliphatic carbocycles. The molecule has 2 rings (SSSR count). The molecule has 2 aromatic carbocycles. The van der Waals surface area contributed by atoms with Crippen LogP contribution in [0.25, 0.3) is 11.1 Å². The zero-order valence-electron chi connectivity index (χ0n) is 9.87. The predicted molar refractivity (Wildman–Crippen MR) is 70.9 cm³/mol. The number of hydrogen-bond acceptors (Lipinski definition) is 0. The quantitative estimate of drug-likeness (QED) is 0.679. The Morgan fingerprint density at radius 3 is 2.24 bits per heavy atom. The lowest BCUT2D eigenvalue weighted by Crippen LogP contribution is -1.92. The minimum atomic E-state index is -0.220. The third kappa shape index (κ3) is 2.67. The van der Waals surface area contributed by atoms with Crippen LogP contribution in [0.5, 0.6) is 0 Å². The largest absolute Gasteiger partial charge is 0.207 e. The Hall–Kier alpha value is -1.34. The first-order valence-electron chi connectivity index (χ1n) is 5.63. The fourth-order valence-electron chi connectivity index (χ4n) is 1.91. The van der Waals surface area contributed by atoms with Gasteiger partial charge in [-0.3, -0.25) is 0 Å². The summed E-state index contributed by atoms with van der Waals surface area (Å²) in [5.74, 6) is 0.189. The van der Waals surface area contributed by atoms with Gasteiger partial charge in [-0.05, 0) is 46.9 Å². The van der Waals surface area contributed by atoms with Crippen molar-refractivity contribution in [2.45, 2.75) is 19.8 Å². The van der Waals surface area contributed by atoms with Crippen molar-refractivity contribution in [1.29, 1.82) is 0 Å². The summed E-state index contributed by atoms with van der Waals surface area (Å²) in [4.78, 5) is 0. The number of benzene rings is 2. The molecule has 0 aliphatic rings. The number of rotatable bonds is 2. The SMILES string of the molecule is CC(C)c1ccc(Cl)cc1-c1ccc(F)cc1. The number of halogens is 2. The van der Waals surface area contributed by atoms with Crippen molar-refractivity contribution in [1.82, 2.24) is 0 Å². The molecule has 0 fully saturated rings. The van der Waals surface area contributed by atoms with Gasteiger partial charge in [-0.1, -0.05) is 43.6 Å². The van der Waals surface area contributed by atoms with Gasteiger partial charge in [0.05, 0.1) is 0 Å². The molecule has 0 radical (unpaired) electrons. The van der Waals surface area contributed by atoms with Gasteiger partial charge in [-0.25, -0.2) is 4.39 Å². The van der Waals surface area contributed by atoms with Gasteiger partial charge in [-0.2, -0.15) is 0 Å². The van der Waals surface area contributed by atoms with E-state index in [1.54, 1.807) is 12.1 Å². The van der Waals surface area contributed by atoms with Gasteiger partial charge < -0.3 is 0 Å². The molecule has 2 heteroatoms. The van der Waals surface area contributed by atoms with Crippen LogP contribution in [-0.4, -0.2) is 0 Å². The van der Waals surface area contributed by atoms with Gasteiger partial charge in [0, 0.05) is 5.02 Å². The normalized spacial score (nSPS) is 10.9. The summed E-state index contributed by atoms with van der Waals surface area (Å²) in [5.41, 5.74) is 3.30. The average Bonchev–Trinajstić information content (AvgIpc) is 2.29. The zero-order valence-corrected chi connectivity index (χ0v) is 10.6. The minimum absolute atomic E-state index is 0.220. The van der Waals surface area contributed by atoms with Gasteiger partial charge in [0.2, 0.25) is 0 Å². The van der Waals surface area contributed by atoms with E-state index >= 15 is 0 Å². The van der Waals surface area contributed by atoms with Crippen LogP contribution >= 0.6 is 11.6 Å². The maximum absolute atomic E-state index is 12.9. The predicted octanol–water partition coefficient (Wildman–Crippen LogP) is 5.27. The van der Waals surface area contributed by atoms with Crippen LogP contribution in [0.15, 0.2) is 42.5 Å². The molecule has 88 valence electrons. The lowest BCUT2D eigenvalue weighted by molar-refractivity contribution is 0.628. The van der Waals surface area contributed by atoms with Crippen molar-refractivity contribution in [3.63, 3.8) is 0 Å². The van der Waals surface area contributed by atoms with E-state index in [-0.39, 0.29) is 5.82 Å². The third-order valence-corrected chi connectivity index (χ3v) is 3.03. The Morgan fingerprint density at radius 2 is 1.65 bits per heavy atom. The smallest absolute Gasteiger partial charge is 0.123 e. The Labute approximate surface area is 106 Å². The van der Waals surface area contributed by atoms with Crippen LogP contribution in [0.4, 0.5) is 4.39 Å². The van der Waals surface area contributed by atoms with Crippen molar-refractivity contribution < 1.29 is 4.39 Å². The van der Waals surface area contributed by atoms with Crippen molar-refractivity contribution in [3.8, 4) is 11.1 Å². The molecule has 0 nitrogen and oxygen atoms in total. The Balaban J connectivity index is 2.56. The highest BCUT2D eigenvalue weighted by atomic mass is 35.5. The van der Waals surface area contributed by atoms with Crippen LogP contribution in [0.2, 0.25) is 5.02 Å². The lowest BCUT2D eigenvalue weighted by Gasteiger charge is -2.13. The summed E-state index contributed by atoms with van der Waals surface area (Å²) < 4.78 is 12.9. The van der Waals surface area contributed by atoms with E-state index in [2.05, 4.69) is 13.8 Å². The molecule has 0 saturated carbocycles. The van der Waals surface area contributed by atoms with Gasteiger partial charge in [0.1, 0.15) is 5.82 Å². The van der Waals surface area contributed by atoms with E-state index in [9.17, 15) is 4.39 Å². The molecule has 0 bridgehead atoms. The number of hydrogen-bond donors (Lipinski definition) is 0. The molecule has 0 spiro atoms. The molecule has 0 aromatic heterocycles. The standard InChI is InChI=1S/C15H14ClF/c1-10(2)14-8-5-12(16)9-15(14)11-3-6-13(17)7-4-11/h3-10H,1-2H3. The second-order valence-corrected chi connectivity index (χ2v) is 4.83. The van der Waals surface area contributed by atoms with Crippen LogP contribution in [-0.2, 0) is 0 Å². The molecule has 0 atom stereocenters. The highest BCUT2D eigenvalue weighted by Crippen LogP contribution is 2.31. The topological polar surface area (TPSA) is 0 Å². The maximum Gasteiger partial charge on any atom is 0.123 e. The van der Waals surface area contributed by atoms with Crippen molar-refractivity contribution >= 4 is 11.6 Å². The van der Waals surface area contributed by atoms with Crippen molar-refractivity contribution in [3.05, 3.63) is 58.9 Å². The summed E-state index contributed by atoms with van der Waals surface area (Å²) >= 11 is 6.03. The highest BCUT2D eigenvalue weighted by Gasteiger charge is 2.09. The van der Waals surface area contributed by atoms with E-state index in [0.717, 1.165) is 11.1 Å². The second kappa shape index (κ2) is 4.89. The monoisotopic (exact) mass is 248 g/mol. The summed E-state index contributed by atoms with van der Waals surface area (Å²) in [5, 5.41) is 0.703. The molecular weight excluding hydrogens is 235 g/mol. The summed E-state index contributed by atoms with van der Waals surface area (Å²) in [7, 11) is 0. The molecule has 0 unspecified atom stereocenters. The van der Waals surface area contributed by atoms with E-state index in [0.29, 0.717) is 10.9 Å². The first-order chi connectivity index (χ1) is 8.08. The van der Waals surface area contributed by atoms with Crippen LogP contribution in [0, 0.1) is 5.82 Å². The molecule has 2 aromatic rings. The summed E-state index contributed by atoms with van der Waals surface area (Å²) in [6.45, 7) is 4.27. The molecule has 17 heavy (non-hydrogen) atoms. The fourth-order valence-corrected chi connectivity index (χ4v) is 2.08. The van der Waals surface area contributed by atoms with E-state index in [1.165, 1.54) is 17.7 Å². The average molecular weight is 249 g/mol. The molecule has 0 N–H and O–H groups in total. The lowest BCUT2D eigenvalue weighted by atomic mass is 9.93. The van der Waals surface area contributed by atoms with Gasteiger partial charge in [0.15, 0.2) is 0 Å². The second-order valence-electron chi connectivity index (χ2n) is 4.39. The highest BCUT2D eigenvalue weighted by molar-refractivity contribution is 6.30. The molecular formula is C15H14ClF. The fraction of sp³-hybridized carbons (Fsp3) is 0.200. The minimum Gasteiger partial charge on any atom is -0.207 e. The first-order valence-corrected chi connectivity index (χ1v) is 6.01. The van der Waals surface area contributed by atoms with Crippen molar-refractivity contribution in [2.24, 2.45) is 0 Å². The van der Waals surface area contributed by atoms with Crippen molar-refractivity contribution in [2.75, 3.05) is 0 Å². The molecule has 0 amide bonds. The Bertz CT molecular complexity index is 515. The Morgan fingerprint density at radius 1 is 1.00 bits per heavy atom. The summed E-state index contributed by atoms with van der Waals surface area (Å²) in [6, 6.07) is 12.4. The van der Waals surface area contributed by atoms with Crippen LogP contribution in [0.1, 0.15) is 25.3 Å². The Kier molecular flexibility index (Phi) is 3.49. The zero-order chi connectivity index (χ0) is 12.4. The molecule has 0 aliphatic heterocycles. The van der Waals surface area contributed by atoms with Gasteiger partial charge in [-0.15, -0.1) is 0 Å². The first kappa shape index (κ1) is 12.1. The van der Waals surface area contributed by atoms with Crippen LogP contribution in [0.3, 0.4) is 0 Å². The maximum atomic E-state index is 12.9. The summed E-state index contributed by atoms with van der Waals surface area (Å²) in [6.07, 6.45) is 0. The van der Waals surface area contributed by atoms with Crippen LogP contribution < -0.4 is 0 Å². The molecule has 0 saturated heterocycles.